The molecule has 1 unspecified atom stereocenters. The first-order valence-corrected chi connectivity index (χ1v) is 6.76. The molecule has 2 amide bonds. The number of nitrogens with one attached hydrogen (secondary N) is 1. The number of nitrogens with zero attached hydrogens (tertiary/aromatic N) is 2. The largest absolute Gasteiger partial charge is 0.348 e. The van der Waals surface area contributed by atoms with Gasteiger partial charge >= 0.3 is 0 Å². The van der Waals surface area contributed by atoms with E-state index in [2.05, 4.69) is 10.3 Å². The Kier molecular flexibility index (Phi) is 4.19. The van der Waals surface area contributed by atoms with E-state index in [0.717, 1.165) is 11.3 Å². The average molecular weight is 265 g/mol. The molecule has 96 valence electrons. The van der Waals surface area contributed by atoms with Crippen LogP contribution in [0, 0.1) is 0 Å². The van der Waals surface area contributed by atoms with Gasteiger partial charge in [-0.15, -0.1) is 0 Å². The van der Waals surface area contributed by atoms with Gasteiger partial charge in [0.05, 0.1) is 6.04 Å². The molecule has 1 fully saturated rings. The molecule has 2 rings (SSSR count). The summed E-state index contributed by atoms with van der Waals surface area (Å²) in [6.45, 7) is 2.68. The maximum atomic E-state index is 11.8. The van der Waals surface area contributed by atoms with E-state index in [4.69, 9.17) is 0 Å². The number of carbonyl (C=O) groups is 2. The summed E-state index contributed by atoms with van der Waals surface area (Å²) >= 11 is 1.26. The van der Waals surface area contributed by atoms with Crippen molar-refractivity contribution in [3.8, 4) is 0 Å². The van der Waals surface area contributed by atoms with Gasteiger partial charge in [0.25, 0.3) is 5.24 Å². The molecule has 5 nitrogen and oxygen atoms in total. The zero-order valence-corrected chi connectivity index (χ0v) is 10.9. The van der Waals surface area contributed by atoms with Gasteiger partial charge < -0.3 is 10.2 Å². The summed E-state index contributed by atoms with van der Waals surface area (Å²) < 4.78 is 0. The number of aromatic nitrogens is 1. The fourth-order valence-electron chi connectivity index (χ4n) is 1.75. The topological polar surface area (TPSA) is 62.3 Å². The molecule has 2 heterocycles. The number of hydrogen-bond acceptors (Lipinski definition) is 4. The molecule has 0 saturated carbocycles. The Morgan fingerprint density at radius 3 is 3.11 bits per heavy atom. The summed E-state index contributed by atoms with van der Waals surface area (Å²) in [5, 5.41) is 2.85. The third-order valence-corrected chi connectivity index (χ3v) is 3.63. The van der Waals surface area contributed by atoms with Crippen LogP contribution in [-0.2, 0) is 4.79 Å². The van der Waals surface area contributed by atoms with E-state index in [1.807, 2.05) is 19.1 Å². The van der Waals surface area contributed by atoms with Crippen molar-refractivity contribution >= 4 is 22.9 Å². The van der Waals surface area contributed by atoms with Crippen molar-refractivity contribution in [1.29, 1.82) is 0 Å². The van der Waals surface area contributed by atoms with Crippen LogP contribution in [0.5, 0.6) is 0 Å². The van der Waals surface area contributed by atoms with Crippen molar-refractivity contribution in [2.45, 2.75) is 13.0 Å². The Morgan fingerprint density at radius 1 is 1.67 bits per heavy atom. The number of rotatable bonds is 4. The number of amides is 2. The second kappa shape index (κ2) is 5.86. The van der Waals surface area contributed by atoms with Gasteiger partial charge in [-0.1, -0.05) is 17.8 Å². The van der Waals surface area contributed by atoms with Gasteiger partial charge in [-0.25, -0.2) is 0 Å². The summed E-state index contributed by atoms with van der Waals surface area (Å²) in [4.78, 5) is 28.7. The quantitative estimate of drug-likeness (QED) is 0.894. The molecule has 1 aromatic rings. The second-order valence-electron chi connectivity index (χ2n) is 4.11. The van der Waals surface area contributed by atoms with E-state index < -0.39 is 0 Å². The van der Waals surface area contributed by atoms with Crippen molar-refractivity contribution in [1.82, 2.24) is 15.2 Å². The van der Waals surface area contributed by atoms with Crippen LogP contribution in [0.25, 0.3) is 0 Å². The van der Waals surface area contributed by atoms with Crippen LogP contribution in [0.4, 0.5) is 4.79 Å². The monoisotopic (exact) mass is 265 g/mol. The molecule has 1 aromatic heterocycles. The summed E-state index contributed by atoms with van der Waals surface area (Å²) in [7, 11) is 0. The Bertz CT molecular complexity index is 438. The lowest BCUT2D eigenvalue weighted by Gasteiger charge is -2.17. The zero-order valence-electron chi connectivity index (χ0n) is 10.1. The maximum absolute atomic E-state index is 11.8. The average Bonchev–Trinajstić information content (AvgIpc) is 2.76. The third-order valence-electron chi connectivity index (χ3n) is 2.74. The fraction of sp³-hybridized carbons (Fsp3) is 0.417. The molecule has 0 radical (unpaired) electrons. The van der Waals surface area contributed by atoms with Gasteiger partial charge in [-0.2, -0.15) is 0 Å². The van der Waals surface area contributed by atoms with Crippen LogP contribution in [0.15, 0.2) is 24.5 Å². The summed E-state index contributed by atoms with van der Waals surface area (Å²) in [5.41, 5.74) is 0.952. The molecule has 0 bridgehead atoms. The van der Waals surface area contributed by atoms with Gasteiger partial charge in [0.15, 0.2) is 0 Å². The van der Waals surface area contributed by atoms with Crippen LogP contribution in [0.1, 0.15) is 18.5 Å². The van der Waals surface area contributed by atoms with E-state index in [-0.39, 0.29) is 23.7 Å². The Morgan fingerprint density at radius 2 is 2.50 bits per heavy atom. The van der Waals surface area contributed by atoms with Gasteiger partial charge in [0.2, 0.25) is 5.91 Å². The molecule has 18 heavy (non-hydrogen) atoms. The highest BCUT2D eigenvalue weighted by Gasteiger charge is 2.23. The zero-order chi connectivity index (χ0) is 13.0. The van der Waals surface area contributed by atoms with Crippen LogP contribution < -0.4 is 5.32 Å². The van der Waals surface area contributed by atoms with Gasteiger partial charge in [0, 0.05) is 24.7 Å². The Balaban J connectivity index is 1.86. The summed E-state index contributed by atoms with van der Waals surface area (Å²) in [6.07, 6.45) is 3.42. The minimum Gasteiger partial charge on any atom is -0.348 e. The molecule has 1 atom stereocenters. The first kappa shape index (κ1) is 12.9. The van der Waals surface area contributed by atoms with E-state index >= 15 is 0 Å². The lowest BCUT2D eigenvalue weighted by atomic mass is 10.1. The van der Waals surface area contributed by atoms with E-state index in [9.17, 15) is 9.59 Å². The van der Waals surface area contributed by atoms with Crippen molar-refractivity contribution in [2.24, 2.45) is 0 Å². The molecule has 0 spiro atoms. The molecule has 1 N–H and O–H groups in total. The second-order valence-corrected chi connectivity index (χ2v) is 5.16. The SMILES string of the molecule is CC(NC(=O)CN1CCSC1=O)c1cccnc1. The highest BCUT2D eigenvalue weighted by atomic mass is 32.2. The van der Waals surface area contributed by atoms with Gasteiger partial charge in [0.1, 0.15) is 6.54 Å². The van der Waals surface area contributed by atoms with Crippen LogP contribution in [0.3, 0.4) is 0 Å². The van der Waals surface area contributed by atoms with E-state index in [1.54, 1.807) is 17.3 Å². The highest BCUT2D eigenvalue weighted by Crippen LogP contribution is 2.16. The first-order chi connectivity index (χ1) is 8.66. The first-order valence-electron chi connectivity index (χ1n) is 5.78. The number of pyridine rings is 1. The van der Waals surface area contributed by atoms with Crippen molar-refractivity contribution in [2.75, 3.05) is 18.8 Å². The molecule has 1 saturated heterocycles. The molecule has 0 aromatic carbocycles. The number of thioether (sulfide) groups is 1. The van der Waals surface area contributed by atoms with Crippen molar-refractivity contribution < 1.29 is 9.59 Å². The number of hydrogen-bond donors (Lipinski definition) is 1. The van der Waals surface area contributed by atoms with Crippen LogP contribution >= 0.6 is 11.8 Å². The Labute approximate surface area is 110 Å². The van der Waals surface area contributed by atoms with Crippen LogP contribution in [0.2, 0.25) is 0 Å². The highest BCUT2D eigenvalue weighted by molar-refractivity contribution is 8.13. The van der Waals surface area contributed by atoms with Gasteiger partial charge in [-0.3, -0.25) is 14.6 Å². The van der Waals surface area contributed by atoms with Crippen molar-refractivity contribution in [3.63, 3.8) is 0 Å². The van der Waals surface area contributed by atoms with E-state index in [1.165, 1.54) is 11.8 Å². The summed E-state index contributed by atoms with van der Waals surface area (Å²) in [5.74, 6) is 0.631. The van der Waals surface area contributed by atoms with Crippen molar-refractivity contribution in [3.05, 3.63) is 30.1 Å². The van der Waals surface area contributed by atoms with Crippen LogP contribution in [-0.4, -0.2) is 39.9 Å². The van der Waals surface area contributed by atoms with Gasteiger partial charge in [-0.05, 0) is 18.6 Å². The molecule has 1 aliphatic heterocycles. The Hall–Kier alpha value is -1.56. The minimum absolute atomic E-state index is 0.0146. The molecule has 0 aliphatic carbocycles. The minimum atomic E-state index is -0.137. The van der Waals surface area contributed by atoms with E-state index in [0.29, 0.717) is 6.54 Å². The molecule has 6 heteroatoms. The molecular weight excluding hydrogens is 250 g/mol. The fourth-order valence-corrected chi connectivity index (χ4v) is 2.57. The summed E-state index contributed by atoms with van der Waals surface area (Å²) in [6, 6.07) is 3.64. The lowest BCUT2D eigenvalue weighted by molar-refractivity contribution is -0.122. The third kappa shape index (κ3) is 3.22. The predicted molar refractivity (Wildman–Crippen MR) is 70.2 cm³/mol. The molecular formula is C12H15N3O2S. The predicted octanol–water partition coefficient (Wildman–Crippen LogP) is 1.43. The maximum Gasteiger partial charge on any atom is 0.282 e. The lowest BCUT2D eigenvalue weighted by Crippen LogP contribution is -2.38. The normalized spacial score (nSPS) is 16.7. The standard InChI is InChI=1S/C12H15N3O2S/c1-9(10-3-2-4-13-7-10)14-11(16)8-15-5-6-18-12(15)17/h2-4,7,9H,5-6,8H2,1H3,(H,14,16). The smallest absolute Gasteiger partial charge is 0.282 e. The number of carbonyl (C=O) groups excluding carboxylic acids is 2. The molecule has 1 aliphatic rings.